The second-order valence-electron chi connectivity index (χ2n) is 9.24. The fraction of sp³-hybridized carbons (Fsp3) is 0.233. The Morgan fingerprint density at radius 3 is 2.74 bits per heavy atom. The summed E-state index contributed by atoms with van der Waals surface area (Å²) in [5, 5.41) is 13.8. The van der Waals surface area contributed by atoms with Crippen LogP contribution in [0.1, 0.15) is 19.0 Å². The van der Waals surface area contributed by atoms with Crippen LogP contribution in [0.3, 0.4) is 0 Å². The van der Waals surface area contributed by atoms with E-state index in [9.17, 15) is 9.59 Å². The van der Waals surface area contributed by atoms with E-state index in [0.29, 0.717) is 41.8 Å². The third-order valence-electron chi connectivity index (χ3n) is 6.36. The third-order valence-corrected chi connectivity index (χ3v) is 7.81. The van der Waals surface area contributed by atoms with Crippen molar-refractivity contribution in [1.29, 1.82) is 0 Å². The van der Waals surface area contributed by atoms with Gasteiger partial charge in [0.1, 0.15) is 30.5 Å². The number of nitrogens with zero attached hydrogens (tertiary/aromatic N) is 4. The summed E-state index contributed by atoms with van der Waals surface area (Å²) in [6.45, 7) is 6.27. The summed E-state index contributed by atoms with van der Waals surface area (Å²) in [6.07, 6.45) is 4.95. The average molecular weight is 607 g/mol. The number of aliphatic carboxylic acids is 1. The molecule has 12 heteroatoms. The number of fused-ring (bicyclic) bond motifs is 1. The number of nitrogens with two attached hydrogens (primary N) is 1. The Labute approximate surface area is 253 Å². The van der Waals surface area contributed by atoms with E-state index in [1.54, 1.807) is 24.0 Å². The molecule has 1 aliphatic heterocycles. The first-order valence-electron chi connectivity index (χ1n) is 13.2. The highest BCUT2D eigenvalue weighted by Crippen LogP contribution is 2.31. The van der Waals surface area contributed by atoms with Crippen molar-refractivity contribution in [1.82, 2.24) is 19.9 Å². The molecule has 0 spiro atoms. The molecule has 2 aromatic carbocycles. The Kier molecular flexibility index (Phi) is 10.6. The van der Waals surface area contributed by atoms with Crippen molar-refractivity contribution < 1.29 is 19.4 Å². The van der Waals surface area contributed by atoms with Crippen molar-refractivity contribution in [2.45, 2.75) is 31.2 Å². The van der Waals surface area contributed by atoms with Crippen LogP contribution in [0.15, 0.2) is 79.8 Å². The Bertz CT molecular complexity index is 1560. The molecule has 1 fully saturated rings. The number of pyridine rings is 1. The Morgan fingerprint density at radius 1 is 1.21 bits per heavy atom. The maximum absolute atomic E-state index is 11.4. The van der Waals surface area contributed by atoms with Crippen LogP contribution in [0.4, 0.5) is 17.2 Å². The van der Waals surface area contributed by atoms with E-state index in [1.807, 2.05) is 55.5 Å². The molecule has 0 aliphatic carbocycles. The Morgan fingerprint density at radius 2 is 2.05 bits per heavy atom. The Hall–Kier alpha value is -4.35. The maximum atomic E-state index is 11.4. The standard InChI is InChI=1S/C20H16ClN5O.C10H15NO3S/c21-17-10-14(5-7-19(17)27-11-15-3-1-2-8-23-15)26-20-16-9-13(22)4-6-18(16)24-12-25-20;1-3-9(12)11-6-7(15-4-2)5-8(11)10(13)14/h1-10,12H,11,22H2,(H,24,25,26);3,7-8H,1,4-6H2,2H3,(H,13,14)/t;7-,8+/m.1/s1. The minimum Gasteiger partial charge on any atom is -0.486 e. The van der Waals surface area contributed by atoms with Crippen LogP contribution in [0.5, 0.6) is 5.75 Å². The van der Waals surface area contributed by atoms with Crippen LogP contribution in [0, 0.1) is 0 Å². The predicted molar refractivity (Wildman–Crippen MR) is 167 cm³/mol. The SMILES string of the molecule is C=CC(=O)N1C[C@H](SCC)C[C@H]1C(=O)O.Nc1ccc2ncnc(Nc3ccc(OCc4ccccn4)c(Cl)c3)c2c1. The highest BCUT2D eigenvalue weighted by molar-refractivity contribution is 7.99. The molecule has 1 aliphatic rings. The number of benzene rings is 2. The molecule has 0 saturated carbocycles. The smallest absolute Gasteiger partial charge is 0.326 e. The van der Waals surface area contributed by atoms with Crippen molar-refractivity contribution in [3.63, 3.8) is 0 Å². The van der Waals surface area contributed by atoms with Gasteiger partial charge in [-0.3, -0.25) is 9.78 Å². The number of halogens is 1. The molecule has 1 saturated heterocycles. The minimum atomic E-state index is -0.926. The average Bonchev–Trinajstić information content (AvgIpc) is 3.42. The van der Waals surface area contributed by atoms with Gasteiger partial charge in [-0.15, -0.1) is 0 Å². The molecule has 42 heavy (non-hydrogen) atoms. The lowest BCUT2D eigenvalue weighted by Crippen LogP contribution is -2.39. The molecule has 1 amide bonds. The van der Waals surface area contributed by atoms with Crippen LogP contribution >= 0.6 is 23.4 Å². The molecule has 4 N–H and O–H groups in total. The lowest BCUT2D eigenvalue weighted by Gasteiger charge is -2.19. The number of anilines is 3. The molecule has 10 nitrogen and oxygen atoms in total. The molecular formula is C30H31ClN6O4S. The minimum absolute atomic E-state index is 0.236. The predicted octanol–water partition coefficient (Wildman–Crippen LogP) is 5.56. The second kappa shape index (κ2) is 14.5. The zero-order valence-electron chi connectivity index (χ0n) is 22.9. The first kappa shape index (κ1) is 30.6. The molecule has 218 valence electrons. The van der Waals surface area contributed by atoms with Gasteiger partial charge in [-0.2, -0.15) is 11.8 Å². The largest absolute Gasteiger partial charge is 0.486 e. The number of aromatic nitrogens is 3. The molecule has 2 aromatic heterocycles. The summed E-state index contributed by atoms with van der Waals surface area (Å²) in [5.74, 6) is 0.967. The highest BCUT2D eigenvalue weighted by Gasteiger charge is 2.38. The number of carbonyl (C=O) groups is 2. The van der Waals surface area contributed by atoms with E-state index < -0.39 is 12.0 Å². The van der Waals surface area contributed by atoms with Gasteiger partial charge in [0.15, 0.2) is 0 Å². The number of rotatable bonds is 9. The number of hydrogen-bond acceptors (Lipinski definition) is 9. The second-order valence-corrected chi connectivity index (χ2v) is 11.2. The number of thioether (sulfide) groups is 1. The maximum Gasteiger partial charge on any atom is 0.326 e. The van der Waals surface area contributed by atoms with Gasteiger partial charge in [0.2, 0.25) is 5.91 Å². The monoisotopic (exact) mass is 606 g/mol. The zero-order chi connectivity index (χ0) is 30.1. The summed E-state index contributed by atoms with van der Waals surface area (Å²) in [4.78, 5) is 36.5. The van der Waals surface area contributed by atoms with Gasteiger partial charge in [-0.25, -0.2) is 14.8 Å². The molecule has 0 unspecified atom stereocenters. The topological polar surface area (TPSA) is 144 Å². The molecule has 5 rings (SSSR count). The van der Waals surface area contributed by atoms with E-state index in [4.69, 9.17) is 27.2 Å². The number of amides is 1. The third kappa shape index (κ3) is 7.89. The molecule has 0 radical (unpaired) electrons. The lowest BCUT2D eigenvalue weighted by atomic mass is 10.2. The lowest BCUT2D eigenvalue weighted by molar-refractivity contribution is -0.146. The summed E-state index contributed by atoms with van der Waals surface area (Å²) in [5.41, 5.74) is 8.96. The number of carboxylic acid groups (broad SMARTS) is 1. The van der Waals surface area contributed by atoms with E-state index in [1.165, 1.54) is 17.3 Å². The van der Waals surface area contributed by atoms with Crippen molar-refractivity contribution in [3.8, 4) is 5.75 Å². The summed E-state index contributed by atoms with van der Waals surface area (Å²) >= 11 is 8.07. The summed E-state index contributed by atoms with van der Waals surface area (Å²) in [6, 6.07) is 16.0. The molecular weight excluding hydrogens is 576 g/mol. The molecule has 2 atom stereocenters. The summed E-state index contributed by atoms with van der Waals surface area (Å²) < 4.78 is 5.75. The van der Waals surface area contributed by atoms with Crippen LogP contribution < -0.4 is 15.8 Å². The fourth-order valence-corrected chi connectivity index (χ4v) is 5.68. The fourth-order valence-electron chi connectivity index (χ4n) is 4.39. The highest BCUT2D eigenvalue weighted by atomic mass is 35.5. The van der Waals surface area contributed by atoms with Gasteiger partial charge in [0.05, 0.1) is 16.2 Å². The molecule has 4 aromatic rings. The van der Waals surface area contributed by atoms with Gasteiger partial charge >= 0.3 is 5.97 Å². The first-order chi connectivity index (χ1) is 20.3. The van der Waals surface area contributed by atoms with Crippen molar-refractivity contribution in [2.75, 3.05) is 23.3 Å². The number of carbonyl (C=O) groups excluding carboxylic acids is 1. The number of nitrogens with one attached hydrogen (secondary N) is 1. The van der Waals surface area contributed by atoms with Gasteiger partial charge in [0, 0.05) is 34.8 Å². The van der Waals surface area contributed by atoms with Crippen molar-refractivity contribution >= 4 is 63.3 Å². The number of nitrogen functional groups attached to an aromatic ring is 1. The number of ether oxygens (including phenoxy) is 1. The molecule has 0 bridgehead atoms. The van der Waals surface area contributed by atoms with E-state index in [2.05, 4.69) is 26.8 Å². The molecule has 3 heterocycles. The van der Waals surface area contributed by atoms with Crippen LogP contribution in [0.25, 0.3) is 10.9 Å². The Balaban J connectivity index is 0.000000230. The number of likely N-dealkylation sites (tertiary alicyclic amines) is 1. The van der Waals surface area contributed by atoms with Gasteiger partial charge in [0.25, 0.3) is 0 Å². The van der Waals surface area contributed by atoms with Gasteiger partial charge in [-0.1, -0.05) is 31.2 Å². The zero-order valence-corrected chi connectivity index (χ0v) is 24.5. The van der Waals surface area contributed by atoms with E-state index in [-0.39, 0.29) is 11.2 Å². The number of carboxylic acids is 1. The number of hydrogen-bond donors (Lipinski definition) is 3. The quantitative estimate of drug-likeness (QED) is 0.163. The van der Waals surface area contributed by atoms with E-state index in [0.717, 1.165) is 28.0 Å². The van der Waals surface area contributed by atoms with Gasteiger partial charge < -0.3 is 25.8 Å². The van der Waals surface area contributed by atoms with Crippen molar-refractivity contribution in [3.05, 3.63) is 90.5 Å². The summed E-state index contributed by atoms with van der Waals surface area (Å²) in [7, 11) is 0. The van der Waals surface area contributed by atoms with Crippen LogP contribution in [0.2, 0.25) is 5.02 Å². The van der Waals surface area contributed by atoms with E-state index >= 15 is 0 Å². The van der Waals surface area contributed by atoms with Crippen LogP contribution in [-0.2, 0) is 16.2 Å². The van der Waals surface area contributed by atoms with Gasteiger partial charge in [-0.05, 0) is 66.8 Å². The van der Waals surface area contributed by atoms with Crippen molar-refractivity contribution in [2.24, 2.45) is 0 Å². The first-order valence-corrected chi connectivity index (χ1v) is 14.6. The normalized spacial score (nSPS) is 15.9. The van der Waals surface area contributed by atoms with Crippen LogP contribution in [-0.4, -0.2) is 60.4 Å².